The zero-order valence-electron chi connectivity index (χ0n) is 13.2. The molecule has 0 atom stereocenters. The van der Waals surface area contributed by atoms with Crippen molar-refractivity contribution in [2.75, 3.05) is 12.3 Å². The van der Waals surface area contributed by atoms with Gasteiger partial charge < -0.3 is 16.2 Å². The van der Waals surface area contributed by atoms with Crippen LogP contribution in [0.25, 0.3) is 0 Å². The number of nitrogens with two attached hydrogens (primary N) is 1. The average molecular weight is 290 g/mol. The molecule has 1 aromatic carbocycles. The first-order valence-corrected chi connectivity index (χ1v) is 7.58. The summed E-state index contributed by atoms with van der Waals surface area (Å²) >= 11 is 0. The number of hydrogen-bond acceptors (Lipinski definition) is 3. The van der Waals surface area contributed by atoms with Crippen LogP contribution < -0.4 is 11.1 Å². The van der Waals surface area contributed by atoms with E-state index in [0.29, 0.717) is 23.2 Å². The van der Waals surface area contributed by atoms with Gasteiger partial charge in [-0.25, -0.2) is 0 Å². The van der Waals surface area contributed by atoms with Crippen LogP contribution in [-0.2, 0) is 0 Å². The van der Waals surface area contributed by atoms with Gasteiger partial charge in [0.2, 0.25) is 0 Å². The van der Waals surface area contributed by atoms with E-state index in [1.165, 1.54) is 0 Å². The average Bonchev–Trinajstić information content (AvgIpc) is 2.40. The summed E-state index contributed by atoms with van der Waals surface area (Å²) in [6.07, 6.45) is 3.45. The number of amides is 1. The Morgan fingerprint density at radius 3 is 2.48 bits per heavy atom. The summed E-state index contributed by atoms with van der Waals surface area (Å²) < 4.78 is 0. The fourth-order valence-electron chi connectivity index (χ4n) is 2.85. The van der Waals surface area contributed by atoms with Gasteiger partial charge in [-0.15, -0.1) is 0 Å². The third kappa shape index (κ3) is 3.97. The van der Waals surface area contributed by atoms with Crippen molar-refractivity contribution in [1.29, 1.82) is 0 Å². The van der Waals surface area contributed by atoms with Gasteiger partial charge in [-0.1, -0.05) is 13.8 Å². The highest BCUT2D eigenvalue weighted by Crippen LogP contribution is 2.39. The molecule has 0 unspecified atom stereocenters. The number of nitrogens with one attached hydrogen (secondary N) is 1. The van der Waals surface area contributed by atoms with Crippen molar-refractivity contribution < 1.29 is 9.90 Å². The number of carbonyl (C=O) groups excluding carboxylic acids is 1. The predicted octanol–water partition coefficient (Wildman–Crippen LogP) is 2.64. The molecule has 0 bridgehead atoms. The number of benzene rings is 1. The highest BCUT2D eigenvalue weighted by molar-refractivity contribution is 5.96. The Hall–Kier alpha value is -1.55. The van der Waals surface area contributed by atoms with Gasteiger partial charge in [-0.2, -0.15) is 0 Å². The first-order chi connectivity index (χ1) is 9.71. The molecular weight excluding hydrogens is 264 g/mol. The van der Waals surface area contributed by atoms with Gasteiger partial charge in [0.1, 0.15) is 0 Å². The molecule has 1 aliphatic carbocycles. The van der Waals surface area contributed by atoms with Crippen molar-refractivity contribution in [2.45, 2.75) is 52.1 Å². The molecule has 0 spiro atoms. The molecule has 1 aliphatic rings. The summed E-state index contributed by atoms with van der Waals surface area (Å²) in [5, 5.41) is 13.4. The molecular formula is C17H26N2O2. The molecule has 116 valence electrons. The first-order valence-electron chi connectivity index (χ1n) is 7.58. The number of carbonyl (C=O) groups is 1. The molecule has 1 amide bonds. The second-order valence-electron chi connectivity index (χ2n) is 7.15. The van der Waals surface area contributed by atoms with Gasteiger partial charge >= 0.3 is 0 Å². The summed E-state index contributed by atoms with van der Waals surface area (Å²) in [5.41, 5.74) is 7.33. The summed E-state index contributed by atoms with van der Waals surface area (Å²) in [6.45, 7) is 6.63. The molecule has 2 rings (SSSR count). The maximum atomic E-state index is 12.2. The monoisotopic (exact) mass is 290 g/mol. The number of rotatable bonds is 3. The smallest absolute Gasteiger partial charge is 0.251 e. The van der Waals surface area contributed by atoms with Crippen molar-refractivity contribution in [3.8, 4) is 0 Å². The van der Waals surface area contributed by atoms with Gasteiger partial charge in [-0.05, 0) is 61.8 Å². The van der Waals surface area contributed by atoms with Gasteiger partial charge in [0.15, 0.2) is 0 Å². The molecule has 1 fully saturated rings. The second kappa shape index (κ2) is 5.68. The quantitative estimate of drug-likeness (QED) is 0.749. The van der Waals surface area contributed by atoms with Gasteiger partial charge in [0.05, 0.1) is 5.60 Å². The zero-order chi connectivity index (χ0) is 15.7. The van der Waals surface area contributed by atoms with Crippen LogP contribution in [0.15, 0.2) is 18.2 Å². The number of aryl methyl sites for hydroxylation is 1. The van der Waals surface area contributed by atoms with E-state index in [1.54, 1.807) is 18.2 Å². The number of aliphatic hydroxyl groups is 1. The molecule has 0 saturated heterocycles. The van der Waals surface area contributed by atoms with E-state index in [1.807, 2.05) is 6.92 Å². The first kappa shape index (κ1) is 15.8. The maximum Gasteiger partial charge on any atom is 0.251 e. The minimum Gasteiger partial charge on any atom is -0.399 e. The van der Waals surface area contributed by atoms with E-state index < -0.39 is 5.60 Å². The largest absolute Gasteiger partial charge is 0.399 e. The topological polar surface area (TPSA) is 75.4 Å². The van der Waals surface area contributed by atoms with Crippen molar-refractivity contribution in [3.05, 3.63) is 29.3 Å². The summed E-state index contributed by atoms with van der Waals surface area (Å²) in [6, 6.07) is 5.24. The fourth-order valence-corrected chi connectivity index (χ4v) is 2.85. The zero-order valence-corrected chi connectivity index (χ0v) is 13.2. The third-order valence-corrected chi connectivity index (χ3v) is 4.61. The van der Waals surface area contributed by atoms with Crippen molar-refractivity contribution in [2.24, 2.45) is 5.41 Å². The molecule has 0 aliphatic heterocycles. The van der Waals surface area contributed by atoms with E-state index in [-0.39, 0.29) is 5.91 Å². The molecule has 4 heteroatoms. The van der Waals surface area contributed by atoms with Crippen LogP contribution in [0.1, 0.15) is 55.5 Å². The number of hydrogen-bond donors (Lipinski definition) is 3. The number of nitrogen functional groups attached to an aromatic ring is 1. The lowest BCUT2D eigenvalue weighted by molar-refractivity contribution is -0.0233. The lowest BCUT2D eigenvalue weighted by atomic mass is 9.71. The lowest BCUT2D eigenvalue weighted by Crippen LogP contribution is -2.46. The van der Waals surface area contributed by atoms with Crippen LogP contribution in [0.4, 0.5) is 5.69 Å². The van der Waals surface area contributed by atoms with Crippen LogP contribution in [-0.4, -0.2) is 23.2 Å². The third-order valence-electron chi connectivity index (χ3n) is 4.61. The predicted molar refractivity (Wildman–Crippen MR) is 85.1 cm³/mol. The molecule has 21 heavy (non-hydrogen) atoms. The summed E-state index contributed by atoms with van der Waals surface area (Å²) in [4.78, 5) is 12.2. The van der Waals surface area contributed by atoms with E-state index in [0.717, 1.165) is 31.2 Å². The summed E-state index contributed by atoms with van der Waals surface area (Å²) in [5.74, 6) is -0.147. The molecule has 0 heterocycles. The van der Waals surface area contributed by atoms with Gasteiger partial charge in [0.25, 0.3) is 5.91 Å². The van der Waals surface area contributed by atoms with E-state index in [2.05, 4.69) is 19.2 Å². The van der Waals surface area contributed by atoms with Crippen molar-refractivity contribution >= 4 is 11.6 Å². The minimum absolute atomic E-state index is 0.147. The Labute approximate surface area is 126 Å². The molecule has 1 saturated carbocycles. The Kier molecular flexibility index (Phi) is 4.28. The SMILES string of the molecule is Cc1cc(N)ccc1C(=O)NCC1(O)CCC(C)(C)CC1. The fraction of sp³-hybridized carbons (Fsp3) is 0.588. The standard InChI is InChI=1S/C17H26N2O2/c1-12-10-13(18)4-5-14(12)15(20)19-11-17(21)8-6-16(2,3)7-9-17/h4-5,10,21H,6-9,11,18H2,1-3H3,(H,19,20). The number of anilines is 1. The van der Waals surface area contributed by atoms with Crippen LogP contribution in [0.3, 0.4) is 0 Å². The molecule has 4 nitrogen and oxygen atoms in total. The minimum atomic E-state index is -0.771. The van der Waals surface area contributed by atoms with Gasteiger partial charge in [0, 0.05) is 17.8 Å². The molecule has 1 aromatic rings. The summed E-state index contributed by atoms with van der Waals surface area (Å²) in [7, 11) is 0. The van der Waals surface area contributed by atoms with Gasteiger partial charge in [-0.3, -0.25) is 4.79 Å². The van der Waals surface area contributed by atoms with E-state index >= 15 is 0 Å². The maximum absolute atomic E-state index is 12.2. The Balaban J connectivity index is 1.95. The molecule has 4 N–H and O–H groups in total. The Morgan fingerprint density at radius 1 is 1.29 bits per heavy atom. The Morgan fingerprint density at radius 2 is 1.90 bits per heavy atom. The van der Waals surface area contributed by atoms with Crippen LogP contribution in [0.2, 0.25) is 0 Å². The van der Waals surface area contributed by atoms with Crippen LogP contribution >= 0.6 is 0 Å². The lowest BCUT2D eigenvalue weighted by Gasteiger charge is -2.40. The van der Waals surface area contributed by atoms with Crippen molar-refractivity contribution in [1.82, 2.24) is 5.32 Å². The second-order valence-corrected chi connectivity index (χ2v) is 7.15. The highest BCUT2D eigenvalue weighted by Gasteiger charge is 2.36. The highest BCUT2D eigenvalue weighted by atomic mass is 16.3. The molecule has 0 aromatic heterocycles. The normalized spacial score (nSPS) is 20.0. The van der Waals surface area contributed by atoms with E-state index in [4.69, 9.17) is 5.73 Å². The van der Waals surface area contributed by atoms with Crippen LogP contribution in [0.5, 0.6) is 0 Å². The Bertz CT molecular complexity index is 528. The van der Waals surface area contributed by atoms with Crippen LogP contribution in [0, 0.1) is 12.3 Å². The molecule has 0 radical (unpaired) electrons. The van der Waals surface area contributed by atoms with Crippen molar-refractivity contribution in [3.63, 3.8) is 0 Å². The van der Waals surface area contributed by atoms with E-state index in [9.17, 15) is 9.90 Å².